The summed E-state index contributed by atoms with van der Waals surface area (Å²) >= 11 is 5.90. The van der Waals surface area contributed by atoms with E-state index in [0.29, 0.717) is 47.8 Å². The molecule has 112 valence electrons. The third kappa shape index (κ3) is 4.27. The summed E-state index contributed by atoms with van der Waals surface area (Å²) in [6.45, 7) is 3.40. The highest BCUT2D eigenvalue weighted by Crippen LogP contribution is 2.14. The Balaban J connectivity index is 1.99. The number of halogens is 1. The second kappa shape index (κ2) is 7.19. The van der Waals surface area contributed by atoms with E-state index in [1.165, 1.54) is 0 Å². The minimum Gasteiger partial charge on any atom is -0.356 e. The number of nitrogens with zero attached hydrogens (tertiary/aromatic N) is 1. The Bertz CT molecular complexity index is 699. The Morgan fingerprint density at radius 1 is 1.43 bits per heavy atom. The minimum atomic E-state index is -0.197. The summed E-state index contributed by atoms with van der Waals surface area (Å²) in [5.41, 5.74) is 0.365. The molecule has 1 aromatic heterocycles. The first-order chi connectivity index (χ1) is 10.1. The number of hydrogen-bond acceptors (Lipinski definition) is 4. The lowest BCUT2D eigenvalue weighted by Crippen LogP contribution is -2.28. The van der Waals surface area contributed by atoms with Gasteiger partial charge in [0.25, 0.3) is 5.56 Å². The molecule has 1 heterocycles. The van der Waals surface area contributed by atoms with Gasteiger partial charge in [-0.1, -0.05) is 11.6 Å². The number of carbonyl (C=O) groups excluding carboxylic acids is 1. The summed E-state index contributed by atoms with van der Waals surface area (Å²) in [5, 5.41) is 6.83. The lowest BCUT2D eigenvalue weighted by molar-refractivity contribution is -0.120. The van der Waals surface area contributed by atoms with Crippen molar-refractivity contribution in [2.24, 2.45) is 0 Å². The van der Waals surface area contributed by atoms with Gasteiger partial charge >= 0.3 is 0 Å². The van der Waals surface area contributed by atoms with Crippen molar-refractivity contribution in [3.05, 3.63) is 39.4 Å². The van der Waals surface area contributed by atoms with E-state index in [4.69, 9.17) is 11.6 Å². The number of H-pyrrole nitrogens is 1. The van der Waals surface area contributed by atoms with Crippen LogP contribution in [-0.2, 0) is 11.3 Å². The summed E-state index contributed by atoms with van der Waals surface area (Å²) in [7, 11) is 0. The molecule has 0 atom stereocenters. The number of carbonyl (C=O) groups is 1. The van der Waals surface area contributed by atoms with E-state index in [9.17, 15) is 9.59 Å². The van der Waals surface area contributed by atoms with Crippen molar-refractivity contribution in [2.45, 2.75) is 19.9 Å². The second-order valence-corrected chi connectivity index (χ2v) is 4.99. The number of hydrogen-bond donors (Lipinski definition) is 3. The van der Waals surface area contributed by atoms with E-state index < -0.39 is 0 Å². The zero-order valence-electron chi connectivity index (χ0n) is 11.7. The van der Waals surface area contributed by atoms with Gasteiger partial charge in [-0.2, -0.15) is 0 Å². The number of aromatic amines is 1. The fraction of sp³-hybridized carbons (Fsp3) is 0.357. The zero-order valence-corrected chi connectivity index (χ0v) is 12.5. The van der Waals surface area contributed by atoms with Gasteiger partial charge in [0, 0.05) is 24.5 Å². The van der Waals surface area contributed by atoms with E-state index in [0.717, 1.165) is 0 Å². The first kappa shape index (κ1) is 15.5. The number of amides is 1. The molecule has 1 aromatic carbocycles. The number of fused-ring (bicyclic) bond motifs is 1. The highest BCUT2D eigenvalue weighted by atomic mass is 35.5. The molecule has 0 radical (unpaired) electrons. The van der Waals surface area contributed by atoms with Gasteiger partial charge in [-0.15, -0.1) is 0 Å². The van der Waals surface area contributed by atoms with Crippen LogP contribution in [0.2, 0.25) is 5.02 Å². The topological polar surface area (TPSA) is 86.9 Å². The Hall–Kier alpha value is -1.92. The smallest absolute Gasteiger partial charge is 0.258 e. The molecule has 2 rings (SSSR count). The molecule has 0 aliphatic rings. The van der Waals surface area contributed by atoms with Crippen molar-refractivity contribution in [3.8, 4) is 0 Å². The molecule has 0 aliphatic carbocycles. The van der Waals surface area contributed by atoms with Gasteiger partial charge < -0.3 is 15.6 Å². The van der Waals surface area contributed by atoms with Crippen LogP contribution in [0.1, 0.15) is 19.2 Å². The van der Waals surface area contributed by atoms with Crippen LogP contribution in [-0.4, -0.2) is 29.0 Å². The summed E-state index contributed by atoms with van der Waals surface area (Å²) in [5.74, 6) is 0.516. The van der Waals surface area contributed by atoms with Gasteiger partial charge in [0.05, 0.1) is 17.4 Å². The van der Waals surface area contributed by atoms with Crippen LogP contribution in [0.5, 0.6) is 0 Å². The van der Waals surface area contributed by atoms with Gasteiger partial charge in [-0.25, -0.2) is 4.98 Å². The maximum atomic E-state index is 11.9. The second-order valence-electron chi connectivity index (χ2n) is 4.55. The predicted octanol–water partition coefficient (Wildman–Crippen LogP) is 1.19. The van der Waals surface area contributed by atoms with E-state index in [1.807, 2.05) is 6.92 Å². The molecule has 0 spiro atoms. The van der Waals surface area contributed by atoms with Gasteiger partial charge in [0.15, 0.2) is 0 Å². The monoisotopic (exact) mass is 308 g/mol. The van der Waals surface area contributed by atoms with Gasteiger partial charge in [-0.3, -0.25) is 9.59 Å². The molecule has 3 N–H and O–H groups in total. The van der Waals surface area contributed by atoms with E-state index >= 15 is 0 Å². The van der Waals surface area contributed by atoms with Crippen LogP contribution < -0.4 is 16.2 Å². The Morgan fingerprint density at radius 3 is 3.00 bits per heavy atom. The average Bonchev–Trinajstić information content (AvgIpc) is 2.43. The van der Waals surface area contributed by atoms with Crippen molar-refractivity contribution in [2.75, 3.05) is 13.1 Å². The van der Waals surface area contributed by atoms with Crippen molar-refractivity contribution in [1.29, 1.82) is 0 Å². The number of rotatable bonds is 6. The van der Waals surface area contributed by atoms with E-state index in [1.54, 1.807) is 18.2 Å². The molecular weight excluding hydrogens is 292 g/mol. The Kier molecular flexibility index (Phi) is 5.30. The molecular formula is C14H17ClN4O2. The van der Waals surface area contributed by atoms with Crippen LogP contribution in [0.15, 0.2) is 23.0 Å². The molecule has 6 nitrogen and oxygen atoms in total. The summed E-state index contributed by atoms with van der Waals surface area (Å²) in [6.07, 6.45) is 0.386. The molecule has 0 bridgehead atoms. The van der Waals surface area contributed by atoms with Crippen molar-refractivity contribution >= 4 is 28.4 Å². The summed E-state index contributed by atoms with van der Waals surface area (Å²) in [6, 6.07) is 4.96. The van der Waals surface area contributed by atoms with Crippen LogP contribution >= 0.6 is 11.6 Å². The third-order valence-corrected chi connectivity index (χ3v) is 3.15. The van der Waals surface area contributed by atoms with Crippen molar-refractivity contribution in [1.82, 2.24) is 20.6 Å². The van der Waals surface area contributed by atoms with Crippen molar-refractivity contribution < 1.29 is 4.79 Å². The Labute approximate surface area is 126 Å². The van der Waals surface area contributed by atoms with Crippen molar-refractivity contribution in [3.63, 3.8) is 0 Å². The maximum absolute atomic E-state index is 11.9. The highest BCUT2D eigenvalue weighted by Gasteiger charge is 2.05. The van der Waals surface area contributed by atoms with Gasteiger partial charge in [-0.05, 0) is 25.1 Å². The summed E-state index contributed by atoms with van der Waals surface area (Å²) in [4.78, 5) is 30.2. The lowest BCUT2D eigenvalue weighted by atomic mass is 10.2. The van der Waals surface area contributed by atoms with Gasteiger partial charge in [0.2, 0.25) is 5.91 Å². The quantitative estimate of drug-likeness (QED) is 0.700. The molecule has 0 unspecified atom stereocenters. The number of nitrogens with one attached hydrogen (secondary N) is 3. The fourth-order valence-electron chi connectivity index (χ4n) is 1.94. The van der Waals surface area contributed by atoms with Crippen LogP contribution in [0.25, 0.3) is 10.9 Å². The first-order valence-electron chi connectivity index (χ1n) is 6.76. The molecule has 1 amide bonds. The molecule has 21 heavy (non-hydrogen) atoms. The van der Waals surface area contributed by atoms with Gasteiger partial charge in [0.1, 0.15) is 5.82 Å². The lowest BCUT2D eigenvalue weighted by Gasteiger charge is -2.06. The summed E-state index contributed by atoms with van der Waals surface area (Å²) < 4.78 is 0. The average molecular weight is 309 g/mol. The normalized spacial score (nSPS) is 10.8. The third-order valence-electron chi connectivity index (χ3n) is 2.91. The van der Waals surface area contributed by atoms with Crippen LogP contribution in [0, 0.1) is 0 Å². The highest BCUT2D eigenvalue weighted by molar-refractivity contribution is 6.31. The SMILES string of the molecule is CCNC(=O)CCNCc1nc2cc(Cl)ccc2c(=O)[nH]1. The number of aromatic nitrogens is 2. The largest absolute Gasteiger partial charge is 0.356 e. The number of benzene rings is 1. The molecule has 7 heteroatoms. The predicted molar refractivity (Wildman–Crippen MR) is 82.4 cm³/mol. The molecule has 2 aromatic rings. The molecule has 0 aliphatic heterocycles. The fourth-order valence-corrected chi connectivity index (χ4v) is 2.11. The minimum absolute atomic E-state index is 0.00301. The zero-order chi connectivity index (χ0) is 15.2. The Morgan fingerprint density at radius 2 is 2.24 bits per heavy atom. The van der Waals surface area contributed by atoms with E-state index in [-0.39, 0.29) is 11.5 Å². The standard InChI is InChI=1S/C14H17ClN4O2/c1-2-17-13(20)5-6-16-8-12-18-11-7-9(15)3-4-10(11)14(21)19-12/h3-4,7,16H,2,5-6,8H2,1H3,(H,17,20)(H,18,19,21). The first-order valence-corrected chi connectivity index (χ1v) is 7.14. The molecule has 0 fully saturated rings. The van der Waals surface area contributed by atoms with Crippen LogP contribution in [0.4, 0.5) is 0 Å². The maximum Gasteiger partial charge on any atom is 0.258 e. The van der Waals surface area contributed by atoms with E-state index in [2.05, 4.69) is 20.6 Å². The molecule has 0 saturated carbocycles. The molecule has 0 saturated heterocycles. The van der Waals surface area contributed by atoms with Crippen LogP contribution in [0.3, 0.4) is 0 Å².